The second kappa shape index (κ2) is 9.51. The summed E-state index contributed by atoms with van der Waals surface area (Å²) in [5.41, 5.74) is 4.15. The molecule has 27 heavy (non-hydrogen) atoms. The van der Waals surface area contributed by atoms with E-state index >= 15 is 0 Å². The highest BCUT2D eigenvalue weighted by Crippen LogP contribution is 2.41. The first-order valence-corrected chi connectivity index (χ1v) is 12.5. The molecule has 1 aliphatic carbocycles. The largest absolute Gasteiger partial charge is 0.287 e. The van der Waals surface area contributed by atoms with Crippen molar-refractivity contribution >= 4 is 39.6 Å². The van der Waals surface area contributed by atoms with E-state index in [-0.39, 0.29) is 10.7 Å². The molecule has 0 aromatic heterocycles. The molecule has 0 unspecified atom stereocenters. The van der Waals surface area contributed by atoms with Gasteiger partial charge in [-0.2, -0.15) is 0 Å². The number of amides is 1. The average molecular weight is 405 g/mol. The number of benzene rings is 1. The first kappa shape index (κ1) is 20.8. The van der Waals surface area contributed by atoms with Crippen molar-refractivity contribution in [2.24, 2.45) is 10.4 Å². The number of fused-ring (bicyclic) bond motifs is 1. The molecule has 1 amide bonds. The molecule has 148 valence electrons. The third-order valence-corrected chi connectivity index (χ3v) is 7.67. The smallest absolute Gasteiger partial charge is 0.281 e. The van der Waals surface area contributed by atoms with E-state index in [4.69, 9.17) is 4.99 Å². The van der Waals surface area contributed by atoms with E-state index in [9.17, 15) is 4.79 Å². The quantitative estimate of drug-likeness (QED) is 0.549. The fourth-order valence-electron chi connectivity index (χ4n) is 4.55. The minimum absolute atomic E-state index is 0.127. The van der Waals surface area contributed by atoms with Gasteiger partial charge in [-0.25, -0.2) is 4.99 Å². The number of aryl methyl sites for hydroxylation is 1. The first-order chi connectivity index (χ1) is 13.1. The Labute approximate surface area is 172 Å². The zero-order chi connectivity index (χ0) is 19.3. The molecule has 0 spiro atoms. The summed E-state index contributed by atoms with van der Waals surface area (Å²) in [5, 5.41) is 1.03. The van der Waals surface area contributed by atoms with Crippen LogP contribution in [0.3, 0.4) is 0 Å². The van der Waals surface area contributed by atoms with Crippen LogP contribution in [-0.2, 0) is 12.8 Å². The number of amidine groups is 1. The molecular weight excluding hydrogens is 372 g/mol. The second-order valence-corrected chi connectivity index (χ2v) is 9.56. The van der Waals surface area contributed by atoms with Gasteiger partial charge in [-0.05, 0) is 67.4 Å². The van der Waals surface area contributed by atoms with Crippen LogP contribution in [0.15, 0.2) is 23.2 Å². The van der Waals surface area contributed by atoms with Gasteiger partial charge in [0.05, 0.1) is 5.69 Å². The summed E-state index contributed by atoms with van der Waals surface area (Å²) in [6, 6.07) is 6.49. The number of carbonyl (C=O) groups excluding carboxylic acids is 1. The third kappa shape index (κ3) is 4.73. The van der Waals surface area contributed by atoms with Crippen LogP contribution < -0.4 is 0 Å². The van der Waals surface area contributed by atoms with Crippen molar-refractivity contribution in [2.75, 3.05) is 18.6 Å². The van der Waals surface area contributed by atoms with Crippen LogP contribution in [0.25, 0.3) is 0 Å². The summed E-state index contributed by atoms with van der Waals surface area (Å²) in [4.78, 5) is 19.8. The van der Waals surface area contributed by atoms with Crippen LogP contribution in [0.4, 0.5) is 10.5 Å². The Bertz CT molecular complexity index is 696. The first-order valence-electron chi connectivity index (χ1n) is 10.3. The lowest BCUT2D eigenvalue weighted by Gasteiger charge is -2.42. The molecule has 1 aromatic rings. The van der Waals surface area contributed by atoms with Gasteiger partial charge in [0, 0.05) is 12.3 Å². The highest BCUT2D eigenvalue weighted by atomic mass is 32.2. The van der Waals surface area contributed by atoms with E-state index in [1.165, 1.54) is 61.4 Å². The maximum Gasteiger partial charge on any atom is 0.287 e. The number of nitrogens with zero attached hydrogens (tertiary/aromatic N) is 2. The molecule has 0 N–H and O–H groups in total. The van der Waals surface area contributed by atoms with Gasteiger partial charge in [-0.1, -0.05) is 62.3 Å². The average Bonchev–Trinajstić information content (AvgIpc) is 2.69. The van der Waals surface area contributed by atoms with E-state index in [1.54, 1.807) is 11.8 Å². The Morgan fingerprint density at radius 1 is 1.22 bits per heavy atom. The lowest BCUT2D eigenvalue weighted by atomic mass is 9.80. The number of hydrogen-bond acceptors (Lipinski definition) is 4. The second-order valence-electron chi connectivity index (χ2n) is 7.86. The molecule has 2 aliphatic rings. The number of thioether (sulfide) groups is 2. The van der Waals surface area contributed by atoms with Crippen LogP contribution in [0, 0.1) is 5.41 Å². The highest BCUT2D eigenvalue weighted by Gasteiger charge is 2.39. The fraction of sp³-hybridized carbons (Fsp3) is 0.636. The topological polar surface area (TPSA) is 32.7 Å². The van der Waals surface area contributed by atoms with Gasteiger partial charge in [-0.15, -0.1) is 0 Å². The molecule has 1 aromatic carbocycles. The van der Waals surface area contributed by atoms with Crippen LogP contribution in [0.5, 0.6) is 0 Å². The lowest BCUT2D eigenvalue weighted by molar-refractivity contribution is 0.198. The SMILES string of the molecule is CCCC1(CCC)CSC(=Nc2cccc3c2CCCC3)N(C(=O)SC)C1. The summed E-state index contributed by atoms with van der Waals surface area (Å²) >= 11 is 3.09. The molecule has 3 nitrogen and oxygen atoms in total. The summed E-state index contributed by atoms with van der Waals surface area (Å²) in [6.07, 6.45) is 11.4. The van der Waals surface area contributed by atoms with Crippen LogP contribution in [0.1, 0.15) is 63.5 Å². The molecule has 0 radical (unpaired) electrons. The Kier molecular flexibility index (Phi) is 7.32. The fourth-order valence-corrected chi connectivity index (χ4v) is 6.26. The third-order valence-electron chi connectivity index (χ3n) is 5.77. The molecule has 0 saturated carbocycles. The molecule has 0 bridgehead atoms. The molecule has 1 heterocycles. The van der Waals surface area contributed by atoms with Crippen LogP contribution in [-0.4, -0.2) is 33.9 Å². The van der Waals surface area contributed by atoms with E-state index in [2.05, 4.69) is 32.0 Å². The molecular formula is C22H32N2OS2. The van der Waals surface area contributed by atoms with Crippen molar-refractivity contribution in [3.63, 3.8) is 0 Å². The Morgan fingerprint density at radius 2 is 1.96 bits per heavy atom. The molecule has 3 rings (SSSR count). The van der Waals surface area contributed by atoms with Gasteiger partial charge >= 0.3 is 0 Å². The van der Waals surface area contributed by atoms with Crippen molar-refractivity contribution in [3.8, 4) is 0 Å². The van der Waals surface area contributed by atoms with E-state index in [0.717, 1.165) is 36.0 Å². The van der Waals surface area contributed by atoms with Crippen LogP contribution in [0.2, 0.25) is 0 Å². The molecule has 1 fully saturated rings. The molecule has 1 aliphatic heterocycles. The van der Waals surface area contributed by atoms with Crippen molar-refractivity contribution in [2.45, 2.75) is 65.2 Å². The van der Waals surface area contributed by atoms with Gasteiger partial charge in [0.15, 0.2) is 5.17 Å². The van der Waals surface area contributed by atoms with Gasteiger partial charge in [0.2, 0.25) is 0 Å². The molecule has 0 atom stereocenters. The van der Waals surface area contributed by atoms with Crippen molar-refractivity contribution in [3.05, 3.63) is 29.3 Å². The number of aliphatic imine (C=N–C) groups is 1. The maximum atomic E-state index is 12.7. The predicted molar refractivity (Wildman–Crippen MR) is 121 cm³/mol. The summed E-state index contributed by atoms with van der Waals surface area (Å²) in [6.45, 7) is 5.32. The molecule has 5 heteroatoms. The normalized spacial score (nSPS) is 20.6. The van der Waals surface area contributed by atoms with Crippen molar-refractivity contribution in [1.82, 2.24) is 4.90 Å². The van der Waals surface area contributed by atoms with E-state index in [0.29, 0.717) is 0 Å². The summed E-state index contributed by atoms with van der Waals surface area (Å²) in [5.74, 6) is 1.07. The maximum absolute atomic E-state index is 12.7. The van der Waals surface area contributed by atoms with Crippen LogP contribution >= 0.6 is 23.5 Å². The van der Waals surface area contributed by atoms with Gasteiger partial charge in [0.25, 0.3) is 5.24 Å². The monoisotopic (exact) mass is 404 g/mol. The Balaban J connectivity index is 1.93. The zero-order valence-corrected chi connectivity index (χ0v) is 18.6. The van der Waals surface area contributed by atoms with Crippen molar-refractivity contribution < 1.29 is 4.79 Å². The van der Waals surface area contributed by atoms with E-state index in [1.807, 2.05) is 11.2 Å². The zero-order valence-electron chi connectivity index (χ0n) is 16.9. The minimum Gasteiger partial charge on any atom is -0.281 e. The van der Waals surface area contributed by atoms with E-state index < -0.39 is 0 Å². The summed E-state index contributed by atoms with van der Waals surface area (Å²) in [7, 11) is 0. The van der Waals surface area contributed by atoms with Gasteiger partial charge in [-0.3, -0.25) is 9.69 Å². The lowest BCUT2D eigenvalue weighted by Crippen LogP contribution is -2.48. The summed E-state index contributed by atoms with van der Waals surface area (Å²) < 4.78 is 0. The Morgan fingerprint density at radius 3 is 2.67 bits per heavy atom. The number of carbonyl (C=O) groups is 1. The predicted octanol–water partition coefficient (Wildman–Crippen LogP) is 6.67. The minimum atomic E-state index is 0.127. The highest BCUT2D eigenvalue weighted by molar-refractivity contribution is 8.15. The molecule has 1 saturated heterocycles. The van der Waals surface area contributed by atoms with Gasteiger partial charge < -0.3 is 0 Å². The number of hydrogen-bond donors (Lipinski definition) is 0. The standard InChI is InChI=1S/C22H32N2OS2/c1-4-13-22(14-5-2)15-24(21(25)26-3)20(27-16-22)23-19-12-8-10-17-9-6-7-11-18(17)19/h8,10,12H,4-7,9,11,13-16H2,1-3H3. The van der Waals surface area contributed by atoms with Gasteiger partial charge in [0.1, 0.15) is 0 Å². The van der Waals surface area contributed by atoms with Crippen molar-refractivity contribution in [1.29, 1.82) is 0 Å². The number of rotatable bonds is 5. The Hall–Kier alpha value is -0.940.